The summed E-state index contributed by atoms with van der Waals surface area (Å²) in [5.74, 6) is -3.55. The van der Waals surface area contributed by atoms with Crippen LogP contribution >= 0.6 is 0 Å². The standard InChI is InChI=1S/C32H22N2O13/c35-15-5-6-20-22(7-15)42-23-8-21(36)17(9-30-11-24(37)44-33(30)45-25(38)12-30)18(10-31-13-26(39)46-34(31)47-27(40)14-31)28(23)32(20)19-4-2-1-3-16(19)29(41)43-32/h1-8,35-36H,9-14H2. The van der Waals surface area contributed by atoms with Gasteiger partial charge in [-0.05, 0) is 35.7 Å². The van der Waals surface area contributed by atoms with E-state index in [9.17, 15) is 34.2 Å². The molecule has 15 nitrogen and oxygen atoms in total. The molecule has 9 rings (SSSR count). The van der Waals surface area contributed by atoms with Gasteiger partial charge in [0.25, 0.3) is 0 Å². The second kappa shape index (κ2) is 8.98. The molecule has 15 heteroatoms. The minimum atomic E-state index is -1.71. The second-order valence-electron chi connectivity index (χ2n) is 12.5. The van der Waals surface area contributed by atoms with E-state index in [2.05, 4.69) is 0 Å². The normalized spacial score (nSPS) is 24.4. The number of carbonyl (C=O) groups excluding carboxylic acids is 5. The van der Waals surface area contributed by atoms with E-state index in [1.807, 2.05) is 0 Å². The van der Waals surface area contributed by atoms with Crippen LogP contribution in [0.4, 0.5) is 0 Å². The molecule has 0 amide bonds. The van der Waals surface area contributed by atoms with Crippen molar-refractivity contribution in [2.75, 3.05) is 0 Å². The van der Waals surface area contributed by atoms with Crippen LogP contribution in [0.15, 0.2) is 48.5 Å². The Kier molecular flexibility index (Phi) is 5.28. The summed E-state index contributed by atoms with van der Waals surface area (Å²) in [5.41, 5.74) is -2.69. The summed E-state index contributed by atoms with van der Waals surface area (Å²) in [4.78, 5) is 84.6. The van der Waals surface area contributed by atoms with E-state index >= 15 is 0 Å². The minimum Gasteiger partial charge on any atom is -0.508 e. The van der Waals surface area contributed by atoms with Crippen LogP contribution in [-0.4, -0.2) is 61.6 Å². The molecular weight excluding hydrogens is 620 g/mol. The van der Waals surface area contributed by atoms with Crippen molar-refractivity contribution in [3.63, 3.8) is 0 Å². The summed E-state index contributed by atoms with van der Waals surface area (Å²) in [7, 11) is 0. The Morgan fingerprint density at radius 2 is 1.23 bits per heavy atom. The quantitative estimate of drug-likeness (QED) is 0.394. The van der Waals surface area contributed by atoms with Crippen LogP contribution in [0, 0.1) is 0 Å². The van der Waals surface area contributed by atoms with Gasteiger partial charge in [-0.1, -0.05) is 18.2 Å². The van der Waals surface area contributed by atoms with Crippen molar-refractivity contribution in [1.29, 1.82) is 0 Å². The molecule has 0 bridgehead atoms. The molecule has 4 fully saturated rings. The Morgan fingerprint density at radius 3 is 1.85 bits per heavy atom. The van der Waals surface area contributed by atoms with Gasteiger partial charge in [0.15, 0.2) is 5.60 Å². The fraction of sp³-hybridized carbons (Fsp3) is 0.281. The molecule has 6 aliphatic rings. The third-order valence-electron chi connectivity index (χ3n) is 9.60. The van der Waals surface area contributed by atoms with Crippen LogP contribution in [0.5, 0.6) is 23.0 Å². The maximum atomic E-state index is 13.6. The zero-order valence-electron chi connectivity index (χ0n) is 24.1. The lowest BCUT2D eigenvalue weighted by molar-refractivity contribution is -0.319. The van der Waals surface area contributed by atoms with E-state index in [4.69, 9.17) is 28.8 Å². The average Bonchev–Trinajstić information content (AvgIpc) is 3.73. The minimum absolute atomic E-state index is 0.0501. The number of rotatable bonds is 4. The number of hydrogen-bond acceptors (Lipinski definition) is 15. The summed E-state index contributed by atoms with van der Waals surface area (Å²) in [5, 5.41) is 23.8. The highest BCUT2D eigenvalue weighted by atomic mass is 17.0. The zero-order chi connectivity index (χ0) is 32.5. The van der Waals surface area contributed by atoms with Gasteiger partial charge in [0.1, 0.15) is 34.1 Å². The molecule has 47 heavy (non-hydrogen) atoms. The number of hydroxylamine groups is 4. The molecule has 0 saturated carbocycles. The molecule has 2 N–H and O–H groups in total. The van der Waals surface area contributed by atoms with E-state index in [-0.39, 0.29) is 83.8 Å². The van der Waals surface area contributed by atoms with Crippen molar-refractivity contribution in [2.24, 2.45) is 0 Å². The van der Waals surface area contributed by atoms with Crippen molar-refractivity contribution < 1.29 is 63.0 Å². The first kappa shape index (κ1) is 27.6. The van der Waals surface area contributed by atoms with Crippen molar-refractivity contribution in [3.8, 4) is 23.0 Å². The van der Waals surface area contributed by atoms with Gasteiger partial charge in [0.05, 0.1) is 36.8 Å². The van der Waals surface area contributed by atoms with E-state index in [1.54, 1.807) is 30.3 Å². The topological polar surface area (TPSA) is 188 Å². The second-order valence-corrected chi connectivity index (χ2v) is 12.5. The third kappa shape index (κ3) is 3.65. The van der Waals surface area contributed by atoms with E-state index in [0.29, 0.717) is 11.1 Å². The number of esters is 1. The van der Waals surface area contributed by atoms with Crippen molar-refractivity contribution >= 4 is 29.8 Å². The zero-order valence-corrected chi connectivity index (χ0v) is 24.1. The molecule has 1 atom stereocenters. The summed E-state index contributed by atoms with van der Waals surface area (Å²) in [6, 6.07) is 12.4. The number of ether oxygens (including phenoxy) is 2. The Balaban J connectivity index is 1.34. The van der Waals surface area contributed by atoms with Crippen LogP contribution in [0.1, 0.15) is 63.9 Å². The van der Waals surface area contributed by atoms with Gasteiger partial charge in [-0.15, -0.1) is 0 Å². The predicted molar refractivity (Wildman–Crippen MR) is 147 cm³/mol. The van der Waals surface area contributed by atoms with Crippen molar-refractivity contribution in [2.45, 2.75) is 55.2 Å². The molecular formula is C32H22N2O13. The molecule has 0 aromatic heterocycles. The Morgan fingerprint density at radius 1 is 0.660 bits per heavy atom. The largest absolute Gasteiger partial charge is 0.508 e. The van der Waals surface area contributed by atoms with Crippen LogP contribution in [0.3, 0.4) is 0 Å². The van der Waals surface area contributed by atoms with Crippen LogP contribution in [0.25, 0.3) is 0 Å². The van der Waals surface area contributed by atoms with Gasteiger partial charge in [0.2, 0.25) is 0 Å². The summed E-state index contributed by atoms with van der Waals surface area (Å²) in [6.45, 7) is 0. The smallest absolute Gasteiger partial charge is 0.340 e. The van der Waals surface area contributed by atoms with Gasteiger partial charge in [0, 0.05) is 40.1 Å². The highest BCUT2D eigenvalue weighted by molar-refractivity contribution is 5.97. The summed E-state index contributed by atoms with van der Waals surface area (Å²) in [6.07, 6.45) is -1.41. The maximum absolute atomic E-state index is 13.6. The third-order valence-corrected chi connectivity index (χ3v) is 9.60. The molecule has 6 aliphatic heterocycles. The number of benzene rings is 3. The van der Waals surface area contributed by atoms with E-state index in [1.165, 1.54) is 18.2 Å². The fourth-order valence-corrected chi connectivity index (χ4v) is 7.76. The Labute approximate surface area is 263 Å². The number of carbonyl (C=O) groups is 5. The van der Waals surface area contributed by atoms with Gasteiger partial charge in [-0.2, -0.15) is 0 Å². The highest BCUT2D eigenvalue weighted by Crippen LogP contribution is 2.60. The fourth-order valence-electron chi connectivity index (χ4n) is 7.76. The Hall–Kier alpha value is -5.67. The molecule has 238 valence electrons. The first-order chi connectivity index (χ1) is 22.5. The maximum Gasteiger partial charge on any atom is 0.340 e. The molecule has 3 aromatic carbocycles. The highest BCUT2D eigenvalue weighted by Gasteiger charge is 2.62. The molecule has 1 unspecified atom stereocenters. The average molecular weight is 643 g/mol. The number of aromatic hydroxyl groups is 2. The van der Waals surface area contributed by atoms with Gasteiger partial charge in [-0.3, -0.25) is 19.2 Å². The molecule has 4 saturated heterocycles. The molecule has 0 radical (unpaired) electrons. The molecule has 6 heterocycles. The molecule has 1 spiro atoms. The van der Waals surface area contributed by atoms with Gasteiger partial charge >= 0.3 is 29.8 Å². The van der Waals surface area contributed by atoms with Gasteiger partial charge < -0.3 is 39.0 Å². The number of phenols is 2. The van der Waals surface area contributed by atoms with Crippen molar-refractivity contribution in [1.82, 2.24) is 10.5 Å². The van der Waals surface area contributed by atoms with Crippen LogP contribution in [0.2, 0.25) is 0 Å². The summed E-state index contributed by atoms with van der Waals surface area (Å²) >= 11 is 0. The first-order valence-corrected chi connectivity index (χ1v) is 14.7. The lowest BCUT2D eigenvalue weighted by Crippen LogP contribution is -2.43. The van der Waals surface area contributed by atoms with Crippen LogP contribution in [-0.2, 0) is 61.7 Å². The SMILES string of the molecule is O=C1CC2(Cc3c(O)cc4c(c3CC35CC(=O)ON3OC(=O)C5)C3(OC(=O)c5ccccc53)c3ccc(O)cc3O4)CC(=O)ON2O1. The number of fused-ring (bicyclic) bond motifs is 8. The molecule has 3 aromatic rings. The molecule has 0 aliphatic carbocycles. The number of nitrogens with zero attached hydrogens (tertiary/aromatic N) is 2. The number of hydrogen-bond donors (Lipinski definition) is 2. The lowest BCUT2D eigenvalue weighted by Gasteiger charge is -2.40. The van der Waals surface area contributed by atoms with E-state index < -0.39 is 46.5 Å². The monoisotopic (exact) mass is 642 g/mol. The Bertz CT molecular complexity index is 1980. The number of phenolic OH excluding ortho intramolecular Hbond substituents is 2. The van der Waals surface area contributed by atoms with E-state index in [0.717, 1.165) is 10.5 Å². The predicted octanol–water partition coefficient (Wildman–Crippen LogP) is 2.28. The first-order valence-electron chi connectivity index (χ1n) is 14.7. The van der Waals surface area contributed by atoms with Crippen LogP contribution < -0.4 is 4.74 Å². The lowest BCUT2D eigenvalue weighted by atomic mass is 9.71. The summed E-state index contributed by atoms with van der Waals surface area (Å²) < 4.78 is 12.6. The van der Waals surface area contributed by atoms with Gasteiger partial charge in [-0.25, -0.2) is 4.79 Å². The van der Waals surface area contributed by atoms with Crippen molar-refractivity contribution in [3.05, 3.63) is 81.9 Å².